The van der Waals surface area contributed by atoms with E-state index in [-0.39, 0.29) is 33.9 Å². The maximum Gasteiger partial charge on any atom is 0.267 e. The van der Waals surface area contributed by atoms with Crippen LogP contribution in [0.25, 0.3) is 27.7 Å². The van der Waals surface area contributed by atoms with Crippen LogP contribution in [-0.4, -0.2) is 42.2 Å². The lowest BCUT2D eigenvalue weighted by Gasteiger charge is -2.14. The van der Waals surface area contributed by atoms with Crippen molar-refractivity contribution >= 4 is 32.6 Å². The van der Waals surface area contributed by atoms with Crippen molar-refractivity contribution in [2.24, 2.45) is 0 Å². The van der Waals surface area contributed by atoms with Crippen LogP contribution >= 0.6 is 0 Å². The van der Waals surface area contributed by atoms with Crippen LogP contribution in [0.15, 0.2) is 88.8 Å². The van der Waals surface area contributed by atoms with Gasteiger partial charge in [-0.05, 0) is 42.0 Å². The molecule has 11 nitrogen and oxygen atoms in total. The quantitative estimate of drug-likeness (QED) is 0.323. The van der Waals surface area contributed by atoms with Crippen LogP contribution in [0.3, 0.4) is 0 Å². The zero-order chi connectivity index (χ0) is 26.9. The number of anilines is 2. The lowest BCUT2D eigenvalue weighted by atomic mass is 10.0. The van der Waals surface area contributed by atoms with E-state index in [1.807, 2.05) is 6.07 Å². The number of hydrogen-bond acceptors (Lipinski definition) is 9. The molecule has 0 spiro atoms. The third-order valence-corrected chi connectivity index (χ3v) is 7.11. The summed E-state index contributed by atoms with van der Waals surface area (Å²) in [4.78, 5) is 25.9. The summed E-state index contributed by atoms with van der Waals surface area (Å²) >= 11 is 0. The molecule has 12 heteroatoms. The number of pyridine rings is 2. The molecule has 2 aromatic carbocycles. The Hall–Kier alpha value is -4.97. The van der Waals surface area contributed by atoms with E-state index in [4.69, 9.17) is 15.2 Å². The summed E-state index contributed by atoms with van der Waals surface area (Å²) in [6, 6.07) is 18.4. The predicted octanol–water partition coefficient (Wildman–Crippen LogP) is 3.24. The Morgan fingerprint density at radius 1 is 0.895 bits per heavy atom. The van der Waals surface area contributed by atoms with Crippen molar-refractivity contribution in [3.8, 4) is 28.6 Å². The minimum absolute atomic E-state index is 0.0669. The molecule has 3 heterocycles. The van der Waals surface area contributed by atoms with Gasteiger partial charge in [0.25, 0.3) is 15.6 Å². The molecule has 5 aromatic rings. The predicted molar refractivity (Wildman–Crippen MR) is 143 cm³/mol. The van der Waals surface area contributed by atoms with E-state index in [0.29, 0.717) is 27.7 Å². The van der Waals surface area contributed by atoms with Gasteiger partial charge in [0, 0.05) is 17.8 Å². The minimum Gasteiger partial charge on any atom is -0.481 e. The van der Waals surface area contributed by atoms with Gasteiger partial charge in [0.05, 0.1) is 37.0 Å². The second-order valence-electron chi connectivity index (χ2n) is 8.10. The number of hydrogen-bond donors (Lipinski definition) is 2. The van der Waals surface area contributed by atoms with Crippen molar-refractivity contribution in [2.75, 3.05) is 24.7 Å². The first-order valence-electron chi connectivity index (χ1n) is 11.3. The summed E-state index contributed by atoms with van der Waals surface area (Å²) < 4.78 is 40.1. The van der Waals surface area contributed by atoms with Gasteiger partial charge in [-0.15, -0.1) is 0 Å². The second kappa shape index (κ2) is 9.82. The van der Waals surface area contributed by atoms with E-state index < -0.39 is 10.0 Å². The van der Waals surface area contributed by atoms with Crippen molar-refractivity contribution in [1.29, 1.82) is 0 Å². The van der Waals surface area contributed by atoms with Crippen molar-refractivity contribution in [3.63, 3.8) is 0 Å². The average Bonchev–Trinajstić information content (AvgIpc) is 2.93. The lowest BCUT2D eigenvalue weighted by Crippen LogP contribution is -2.23. The number of ether oxygens (including phenoxy) is 2. The lowest BCUT2D eigenvalue weighted by molar-refractivity contribution is 0.397. The third-order valence-electron chi connectivity index (χ3n) is 5.76. The molecule has 0 unspecified atom stereocenters. The van der Waals surface area contributed by atoms with E-state index in [0.717, 1.165) is 0 Å². The molecule has 0 aliphatic heterocycles. The first kappa shape index (κ1) is 24.7. The Labute approximate surface area is 217 Å². The third kappa shape index (κ3) is 4.60. The molecule has 0 fully saturated rings. The van der Waals surface area contributed by atoms with Gasteiger partial charge in [-0.2, -0.15) is 0 Å². The molecule has 0 aliphatic rings. The maximum absolute atomic E-state index is 13.4. The Morgan fingerprint density at radius 2 is 1.68 bits per heavy atom. The van der Waals surface area contributed by atoms with Crippen molar-refractivity contribution < 1.29 is 17.9 Å². The van der Waals surface area contributed by atoms with Gasteiger partial charge in [0.2, 0.25) is 17.7 Å². The molecule has 0 amide bonds. The van der Waals surface area contributed by atoms with Gasteiger partial charge in [-0.3, -0.25) is 9.52 Å². The largest absolute Gasteiger partial charge is 0.481 e. The number of nitrogens with one attached hydrogen (secondary N) is 1. The van der Waals surface area contributed by atoms with Crippen LogP contribution in [0.1, 0.15) is 0 Å². The van der Waals surface area contributed by atoms with Crippen LogP contribution in [0.5, 0.6) is 11.8 Å². The van der Waals surface area contributed by atoms with E-state index in [2.05, 4.69) is 19.7 Å². The van der Waals surface area contributed by atoms with Gasteiger partial charge < -0.3 is 15.2 Å². The van der Waals surface area contributed by atoms with E-state index in [1.54, 1.807) is 48.5 Å². The van der Waals surface area contributed by atoms with E-state index >= 15 is 0 Å². The fourth-order valence-electron chi connectivity index (χ4n) is 3.90. The molecule has 5 rings (SSSR count). The zero-order valence-electron chi connectivity index (χ0n) is 20.3. The maximum atomic E-state index is 13.4. The molecule has 38 heavy (non-hydrogen) atoms. The summed E-state index contributed by atoms with van der Waals surface area (Å²) in [5.41, 5.74) is 8.04. The summed E-state index contributed by atoms with van der Waals surface area (Å²) in [6.07, 6.45) is 2.71. The molecule has 0 atom stereocenters. The summed E-state index contributed by atoms with van der Waals surface area (Å²) in [6.45, 7) is 0. The Bertz CT molecular complexity index is 1810. The molecular weight excluding hydrogens is 508 g/mol. The molecule has 3 N–H and O–H groups in total. The Kier molecular flexibility index (Phi) is 6.39. The highest BCUT2D eigenvalue weighted by Gasteiger charge is 2.19. The molecule has 3 aromatic heterocycles. The number of sulfonamides is 1. The number of benzene rings is 2. The smallest absolute Gasteiger partial charge is 0.267 e. The number of nitrogens with zero attached hydrogens (tertiary/aromatic N) is 4. The molecule has 192 valence electrons. The van der Waals surface area contributed by atoms with Crippen molar-refractivity contribution in [3.05, 3.63) is 89.5 Å². The fraction of sp³-hybridized carbons (Fsp3) is 0.0769. The van der Waals surface area contributed by atoms with Gasteiger partial charge in [-0.25, -0.2) is 27.9 Å². The summed E-state index contributed by atoms with van der Waals surface area (Å²) in [5, 5.41) is 0.336. The number of methoxy groups -OCH3 is 2. The number of nitrogens with two attached hydrogens (primary N) is 1. The summed E-state index contributed by atoms with van der Waals surface area (Å²) in [5.74, 6) is 0.418. The molecule has 0 saturated carbocycles. The highest BCUT2D eigenvalue weighted by Crippen LogP contribution is 2.31. The van der Waals surface area contributed by atoms with Gasteiger partial charge in [0.1, 0.15) is 10.6 Å². The number of para-hydroxylation sites is 1. The summed E-state index contributed by atoms with van der Waals surface area (Å²) in [7, 11) is -1.20. The zero-order valence-corrected chi connectivity index (χ0v) is 21.1. The topological polar surface area (TPSA) is 151 Å². The number of rotatable bonds is 7. The highest BCUT2D eigenvalue weighted by atomic mass is 32.2. The Balaban J connectivity index is 1.57. The first-order valence-corrected chi connectivity index (χ1v) is 12.7. The van der Waals surface area contributed by atoms with Crippen molar-refractivity contribution in [2.45, 2.75) is 4.90 Å². The monoisotopic (exact) mass is 530 g/mol. The van der Waals surface area contributed by atoms with Crippen LogP contribution in [0, 0.1) is 0 Å². The average molecular weight is 531 g/mol. The number of fused-ring (bicyclic) bond motifs is 1. The van der Waals surface area contributed by atoms with E-state index in [9.17, 15) is 13.2 Å². The van der Waals surface area contributed by atoms with Gasteiger partial charge in [-0.1, -0.05) is 24.3 Å². The molecule has 0 aliphatic carbocycles. The standard InChI is InChI=1S/C26H22N6O5S/c1-36-23-11-9-19(15-28-23)38(34,35)31-22-13-17(14-29-24(22)37-2)16-8-10-21-20(12-16)25(33)32(26(27)30-21)18-6-4-3-5-7-18/h3-15,31H,1-2H3,(H2,27,30). The second-order valence-corrected chi connectivity index (χ2v) is 9.78. The normalized spacial score (nSPS) is 11.3. The van der Waals surface area contributed by atoms with Crippen LogP contribution < -0.4 is 25.5 Å². The highest BCUT2D eigenvalue weighted by molar-refractivity contribution is 7.92. The molecule has 0 saturated heterocycles. The van der Waals surface area contributed by atoms with Gasteiger partial charge >= 0.3 is 0 Å². The fourth-order valence-corrected chi connectivity index (χ4v) is 4.90. The van der Waals surface area contributed by atoms with Crippen LogP contribution in [0.2, 0.25) is 0 Å². The van der Waals surface area contributed by atoms with E-state index in [1.165, 1.54) is 43.3 Å². The van der Waals surface area contributed by atoms with Gasteiger partial charge in [0.15, 0.2) is 0 Å². The number of aromatic nitrogens is 4. The van der Waals surface area contributed by atoms with Crippen LogP contribution in [0.4, 0.5) is 11.6 Å². The number of nitrogen functional groups attached to an aromatic ring is 1. The first-order chi connectivity index (χ1) is 18.3. The minimum atomic E-state index is -4.02. The molecular formula is C26H22N6O5S. The van der Waals surface area contributed by atoms with Crippen molar-refractivity contribution in [1.82, 2.24) is 19.5 Å². The van der Waals surface area contributed by atoms with Crippen LogP contribution in [-0.2, 0) is 10.0 Å². The SMILES string of the molecule is COc1ccc(S(=O)(=O)Nc2cc(-c3ccc4nc(N)n(-c5ccccc5)c(=O)c4c3)cnc2OC)cn1. The Morgan fingerprint density at radius 3 is 2.37 bits per heavy atom. The molecule has 0 radical (unpaired) electrons. The molecule has 0 bridgehead atoms.